The molecule has 0 radical (unpaired) electrons. The van der Waals surface area contributed by atoms with Crippen LogP contribution in [0, 0.1) is 5.82 Å². The first kappa shape index (κ1) is 21.6. The van der Waals surface area contributed by atoms with Gasteiger partial charge in [-0.25, -0.2) is 17.9 Å². The topological polar surface area (TPSA) is 138 Å². The third-order valence-corrected chi connectivity index (χ3v) is 7.71. The molecular weight excluding hydrogens is 439 g/mol. The Hall–Kier alpha value is -3.60. The van der Waals surface area contributed by atoms with E-state index in [1.54, 1.807) is 12.1 Å². The molecule has 1 saturated carbocycles. The van der Waals surface area contributed by atoms with Gasteiger partial charge < -0.3 is 0 Å². The van der Waals surface area contributed by atoms with Crippen molar-refractivity contribution in [2.24, 2.45) is 0 Å². The van der Waals surface area contributed by atoms with Crippen molar-refractivity contribution >= 4 is 32.4 Å². The molecule has 32 heavy (non-hydrogen) atoms. The number of hydrazine groups is 1. The second kappa shape index (κ2) is 8.50. The fourth-order valence-corrected chi connectivity index (χ4v) is 5.65. The van der Waals surface area contributed by atoms with Crippen molar-refractivity contribution in [2.45, 2.75) is 35.8 Å². The lowest BCUT2D eigenvalue weighted by Crippen LogP contribution is -2.42. The number of hydrogen-bond acceptors (Lipinski definition) is 6. The molecule has 11 heteroatoms. The molecule has 2 aromatic carbocycles. The monoisotopic (exact) mass is 458 g/mol. The minimum Gasteiger partial charge on any atom is -0.267 e. The highest BCUT2D eigenvalue weighted by atomic mass is 32.2. The summed E-state index contributed by atoms with van der Waals surface area (Å²) in [7, 11) is -3.69. The molecule has 3 N–H and O–H groups in total. The summed E-state index contributed by atoms with van der Waals surface area (Å²) in [6.45, 7) is 0. The number of carbonyl (C=O) groups is 2. The van der Waals surface area contributed by atoms with Crippen LogP contribution >= 0.6 is 0 Å². The van der Waals surface area contributed by atoms with Gasteiger partial charge in [-0.05, 0) is 37.1 Å². The van der Waals surface area contributed by atoms with Crippen LogP contribution in [0.1, 0.15) is 46.5 Å². The first-order valence-electron chi connectivity index (χ1n) is 9.90. The maximum atomic E-state index is 14.3. The van der Waals surface area contributed by atoms with Gasteiger partial charge in [-0.1, -0.05) is 31.0 Å². The van der Waals surface area contributed by atoms with Crippen molar-refractivity contribution in [3.8, 4) is 0 Å². The van der Waals surface area contributed by atoms with E-state index in [9.17, 15) is 27.2 Å². The van der Waals surface area contributed by atoms with E-state index in [0.717, 1.165) is 31.0 Å². The quantitative estimate of drug-likeness (QED) is 0.403. The maximum absolute atomic E-state index is 14.3. The Kier molecular flexibility index (Phi) is 5.74. The molecule has 3 aromatic rings. The molecule has 0 aliphatic heterocycles. The zero-order chi connectivity index (χ0) is 22.9. The molecule has 166 valence electrons. The van der Waals surface area contributed by atoms with E-state index >= 15 is 0 Å². The Morgan fingerprint density at radius 1 is 1.00 bits per heavy atom. The maximum Gasteiger partial charge on any atom is 0.290 e. The highest BCUT2D eigenvalue weighted by molar-refractivity contribution is 7.92. The van der Waals surface area contributed by atoms with E-state index in [0.29, 0.717) is 12.8 Å². The van der Waals surface area contributed by atoms with Crippen LogP contribution in [-0.4, -0.2) is 35.7 Å². The largest absolute Gasteiger partial charge is 0.290 e. The van der Waals surface area contributed by atoms with E-state index in [1.807, 2.05) is 0 Å². The molecule has 2 amide bonds. The van der Waals surface area contributed by atoms with Gasteiger partial charge in [-0.3, -0.25) is 25.2 Å². The number of halogens is 1. The number of benzene rings is 2. The zero-order valence-electron chi connectivity index (χ0n) is 16.7. The van der Waals surface area contributed by atoms with Gasteiger partial charge in [-0.15, -0.1) is 0 Å². The predicted octanol–water partition coefficient (Wildman–Crippen LogP) is 1.85. The summed E-state index contributed by atoms with van der Waals surface area (Å²) in [5.74, 6) is -2.82. The predicted molar refractivity (Wildman–Crippen MR) is 113 cm³/mol. The normalized spacial score (nSPS) is 14.4. The number of sulfone groups is 1. The van der Waals surface area contributed by atoms with Crippen molar-refractivity contribution < 1.29 is 22.4 Å². The van der Waals surface area contributed by atoms with E-state index in [-0.39, 0.29) is 21.4 Å². The van der Waals surface area contributed by atoms with E-state index in [4.69, 9.17) is 0 Å². The van der Waals surface area contributed by atoms with Gasteiger partial charge in [0.05, 0.1) is 21.1 Å². The van der Waals surface area contributed by atoms with Crippen LogP contribution < -0.4 is 16.4 Å². The molecule has 1 aliphatic carbocycles. The van der Waals surface area contributed by atoms with E-state index < -0.39 is 43.8 Å². The Balaban J connectivity index is 1.54. The second-order valence-electron chi connectivity index (χ2n) is 7.45. The summed E-state index contributed by atoms with van der Waals surface area (Å²) >= 11 is 0. The molecule has 9 nitrogen and oxygen atoms in total. The fourth-order valence-electron chi connectivity index (χ4n) is 3.77. The number of nitrogens with zero attached hydrogens (tertiary/aromatic N) is 1. The van der Waals surface area contributed by atoms with E-state index in [1.165, 1.54) is 12.1 Å². The number of hydrogen-bond donors (Lipinski definition) is 3. The molecular formula is C21H19FN4O5S. The summed E-state index contributed by atoms with van der Waals surface area (Å²) in [4.78, 5) is 36.7. The average Bonchev–Trinajstić information content (AvgIpc) is 3.34. The Labute approximate surface area is 181 Å². The van der Waals surface area contributed by atoms with Gasteiger partial charge in [0.15, 0.2) is 15.5 Å². The lowest BCUT2D eigenvalue weighted by Gasteiger charge is -2.13. The number of aromatic amines is 1. The van der Waals surface area contributed by atoms with E-state index in [2.05, 4.69) is 21.0 Å². The Bertz CT molecular complexity index is 1380. The number of rotatable bonds is 4. The molecule has 0 spiro atoms. The number of amides is 2. The summed E-state index contributed by atoms with van der Waals surface area (Å²) in [6.07, 6.45) is 2.66. The molecule has 4 rings (SSSR count). The van der Waals surface area contributed by atoms with Crippen molar-refractivity contribution in [2.75, 3.05) is 0 Å². The van der Waals surface area contributed by atoms with Crippen molar-refractivity contribution in [3.05, 3.63) is 69.9 Å². The van der Waals surface area contributed by atoms with Crippen LogP contribution in [0.15, 0.2) is 52.2 Å². The van der Waals surface area contributed by atoms with Gasteiger partial charge in [0.25, 0.3) is 17.4 Å². The lowest BCUT2D eigenvalue weighted by atomic mass is 10.1. The molecule has 1 fully saturated rings. The first-order chi connectivity index (χ1) is 15.3. The molecule has 0 saturated heterocycles. The third kappa shape index (κ3) is 3.98. The molecule has 0 atom stereocenters. The molecule has 1 heterocycles. The molecule has 1 aromatic heterocycles. The van der Waals surface area contributed by atoms with Crippen LogP contribution in [0.2, 0.25) is 0 Å². The van der Waals surface area contributed by atoms with Gasteiger partial charge >= 0.3 is 0 Å². The van der Waals surface area contributed by atoms with Gasteiger partial charge in [0.2, 0.25) is 0 Å². The smallest absolute Gasteiger partial charge is 0.267 e. The van der Waals surface area contributed by atoms with Gasteiger partial charge in [-0.2, -0.15) is 5.10 Å². The van der Waals surface area contributed by atoms with Gasteiger partial charge in [0, 0.05) is 5.39 Å². The minimum absolute atomic E-state index is 0.143. The number of aromatic nitrogens is 2. The standard InChI is InChI=1S/C21H19FN4O5S/c22-17-10-9-13(32(30,31)12-5-1-2-6-12)11-16(17)20(28)25-26-21(29)18-14-7-3-4-8-15(14)19(27)24-23-18/h3-4,7-12H,1-2,5-6H2,(H,24,27)(H,25,28)(H,26,29). The van der Waals surface area contributed by atoms with Crippen LogP contribution in [-0.2, 0) is 9.84 Å². The van der Waals surface area contributed by atoms with Crippen LogP contribution in [0.25, 0.3) is 10.8 Å². The zero-order valence-corrected chi connectivity index (χ0v) is 17.5. The van der Waals surface area contributed by atoms with Gasteiger partial charge in [0.1, 0.15) is 5.82 Å². The van der Waals surface area contributed by atoms with Crippen LogP contribution in [0.5, 0.6) is 0 Å². The number of fused-ring (bicyclic) bond motifs is 1. The summed E-state index contributed by atoms with van der Waals surface area (Å²) in [6, 6.07) is 9.28. The molecule has 1 aliphatic rings. The Morgan fingerprint density at radius 2 is 1.66 bits per heavy atom. The third-order valence-electron chi connectivity index (χ3n) is 5.45. The molecule has 0 unspecified atom stereocenters. The van der Waals surface area contributed by atoms with Crippen LogP contribution in [0.4, 0.5) is 4.39 Å². The number of H-pyrrole nitrogens is 1. The molecule has 0 bridgehead atoms. The van der Waals surface area contributed by atoms with Crippen molar-refractivity contribution in [1.82, 2.24) is 21.0 Å². The van der Waals surface area contributed by atoms with Crippen LogP contribution in [0.3, 0.4) is 0 Å². The first-order valence-corrected chi connectivity index (χ1v) is 11.4. The number of nitrogens with one attached hydrogen (secondary N) is 3. The summed E-state index contributed by atoms with van der Waals surface area (Å²) < 4.78 is 39.8. The lowest BCUT2D eigenvalue weighted by molar-refractivity contribution is 0.0842. The highest BCUT2D eigenvalue weighted by Crippen LogP contribution is 2.30. The summed E-state index contributed by atoms with van der Waals surface area (Å²) in [5, 5.41) is 5.85. The van der Waals surface area contributed by atoms with Crippen molar-refractivity contribution in [3.63, 3.8) is 0 Å². The minimum atomic E-state index is -3.69. The highest BCUT2D eigenvalue weighted by Gasteiger charge is 2.31. The second-order valence-corrected chi connectivity index (χ2v) is 9.68. The Morgan fingerprint density at radius 3 is 2.38 bits per heavy atom. The fraction of sp³-hybridized carbons (Fsp3) is 0.238. The average molecular weight is 458 g/mol. The summed E-state index contributed by atoms with van der Waals surface area (Å²) in [5.41, 5.74) is 3.01. The van der Waals surface area contributed by atoms with Crippen molar-refractivity contribution in [1.29, 1.82) is 0 Å². The SMILES string of the molecule is O=C(NNC(=O)c1n[nH]c(=O)c2ccccc12)c1cc(S(=O)(=O)C2CCCC2)ccc1F. The number of carbonyl (C=O) groups excluding carboxylic acids is 2.